The molecule has 160 valence electrons. The van der Waals surface area contributed by atoms with Crippen molar-refractivity contribution >= 4 is 16.0 Å². The largest absolute Gasteiger partial charge is 0.463 e. The molecule has 1 heterocycles. The summed E-state index contributed by atoms with van der Waals surface area (Å²) in [6.45, 7) is 6.35. The molecule has 0 saturated heterocycles. The predicted molar refractivity (Wildman–Crippen MR) is 113 cm³/mol. The number of nitrogens with one attached hydrogen (secondary N) is 2. The summed E-state index contributed by atoms with van der Waals surface area (Å²) < 4.78 is 31.8. The molecule has 0 bridgehead atoms. The number of hydrogen-bond donors (Lipinski definition) is 3. The lowest BCUT2D eigenvalue weighted by atomic mass is 10.0. The Bertz CT molecular complexity index is 949. The van der Waals surface area contributed by atoms with Crippen LogP contribution in [0.1, 0.15) is 30.9 Å². The fraction of sp³-hybridized carbons (Fsp3) is 0.450. The van der Waals surface area contributed by atoms with Crippen LogP contribution < -0.4 is 10.6 Å². The molecule has 2 rings (SSSR count). The second-order valence-corrected chi connectivity index (χ2v) is 9.25. The van der Waals surface area contributed by atoms with Gasteiger partial charge in [0.15, 0.2) is 5.96 Å². The van der Waals surface area contributed by atoms with Gasteiger partial charge in [-0.3, -0.25) is 0 Å². The molecule has 3 N–H and O–H groups in total. The Morgan fingerprint density at radius 2 is 1.90 bits per heavy atom. The van der Waals surface area contributed by atoms with E-state index in [1.54, 1.807) is 43.3 Å². The number of guanidine groups is 1. The molecule has 1 atom stereocenters. The van der Waals surface area contributed by atoms with E-state index in [0.29, 0.717) is 23.8 Å². The minimum absolute atomic E-state index is 0.167. The summed E-state index contributed by atoms with van der Waals surface area (Å²) in [5, 5.41) is 16.9. The first-order valence-corrected chi connectivity index (χ1v) is 10.8. The first-order chi connectivity index (χ1) is 13.6. The number of benzene rings is 1. The lowest BCUT2D eigenvalue weighted by Crippen LogP contribution is -2.44. The quantitative estimate of drug-likeness (QED) is 0.442. The lowest BCUT2D eigenvalue weighted by molar-refractivity contribution is 0.0378. The lowest BCUT2D eigenvalue weighted by Gasteiger charge is -2.23. The van der Waals surface area contributed by atoms with E-state index < -0.39 is 15.6 Å². The highest BCUT2D eigenvalue weighted by Gasteiger charge is 2.27. The summed E-state index contributed by atoms with van der Waals surface area (Å²) in [6.07, 6.45) is 0. The second-order valence-electron chi connectivity index (χ2n) is 7.13. The van der Waals surface area contributed by atoms with Gasteiger partial charge in [-0.25, -0.2) is 17.7 Å². The summed E-state index contributed by atoms with van der Waals surface area (Å²) in [5.74, 6) is 1.65. The van der Waals surface area contributed by atoms with Crippen molar-refractivity contribution in [1.82, 2.24) is 14.9 Å². The Morgan fingerprint density at radius 3 is 2.48 bits per heavy atom. The molecule has 29 heavy (non-hydrogen) atoms. The standard InChI is InChI=1S/C20H30N4O4S/c1-6-21-19(23-14-20(3,25)18-12-11-15(2)28-18)22-13-16-9-7-8-10-17(16)29(26,27)24(4)5/h7-12,25H,6,13-14H2,1-5H3,(H2,21,22,23). The smallest absolute Gasteiger partial charge is 0.242 e. The summed E-state index contributed by atoms with van der Waals surface area (Å²) in [7, 11) is -0.567. The van der Waals surface area contributed by atoms with Crippen LogP contribution in [0.5, 0.6) is 0 Å². The van der Waals surface area contributed by atoms with Gasteiger partial charge in [0.25, 0.3) is 0 Å². The average molecular weight is 423 g/mol. The molecule has 8 nitrogen and oxygen atoms in total. The highest BCUT2D eigenvalue weighted by molar-refractivity contribution is 7.89. The molecule has 2 aromatic rings. The molecule has 0 radical (unpaired) electrons. The molecule has 0 saturated carbocycles. The molecule has 0 aliphatic heterocycles. The third-order valence-electron chi connectivity index (χ3n) is 4.35. The van der Waals surface area contributed by atoms with E-state index in [1.807, 2.05) is 13.8 Å². The minimum Gasteiger partial charge on any atom is -0.463 e. The van der Waals surface area contributed by atoms with Gasteiger partial charge >= 0.3 is 0 Å². The van der Waals surface area contributed by atoms with Crippen LogP contribution in [0, 0.1) is 6.92 Å². The summed E-state index contributed by atoms with van der Waals surface area (Å²) in [6, 6.07) is 10.3. The molecule has 9 heteroatoms. The maximum Gasteiger partial charge on any atom is 0.242 e. The van der Waals surface area contributed by atoms with Gasteiger partial charge in [-0.1, -0.05) is 18.2 Å². The number of furan rings is 1. The van der Waals surface area contributed by atoms with Crippen molar-refractivity contribution in [1.29, 1.82) is 0 Å². The second kappa shape index (κ2) is 9.43. The third-order valence-corrected chi connectivity index (χ3v) is 6.27. The number of rotatable bonds is 8. The number of sulfonamides is 1. The highest BCUT2D eigenvalue weighted by atomic mass is 32.2. The molecule has 0 spiro atoms. The van der Waals surface area contributed by atoms with Crippen LogP contribution in [0.25, 0.3) is 0 Å². The van der Waals surface area contributed by atoms with Gasteiger partial charge in [-0.05, 0) is 44.5 Å². The van der Waals surface area contributed by atoms with Gasteiger partial charge in [0.1, 0.15) is 17.1 Å². The maximum absolute atomic E-state index is 12.5. The van der Waals surface area contributed by atoms with Gasteiger partial charge < -0.3 is 20.2 Å². The number of nitrogens with zero attached hydrogens (tertiary/aromatic N) is 2. The zero-order valence-corrected chi connectivity index (χ0v) is 18.4. The van der Waals surface area contributed by atoms with Crippen LogP contribution in [0.2, 0.25) is 0 Å². The Balaban J connectivity index is 2.18. The fourth-order valence-corrected chi connectivity index (χ4v) is 3.76. The van der Waals surface area contributed by atoms with Gasteiger partial charge in [0.05, 0.1) is 18.0 Å². The van der Waals surface area contributed by atoms with E-state index in [2.05, 4.69) is 15.6 Å². The van der Waals surface area contributed by atoms with E-state index in [1.165, 1.54) is 18.4 Å². The number of aliphatic imine (C=N–C) groups is 1. The number of aryl methyl sites for hydroxylation is 1. The average Bonchev–Trinajstić information content (AvgIpc) is 3.11. The van der Waals surface area contributed by atoms with Crippen molar-refractivity contribution in [2.24, 2.45) is 4.99 Å². The summed E-state index contributed by atoms with van der Waals surface area (Å²) in [4.78, 5) is 4.71. The molecule has 0 amide bonds. The van der Waals surface area contributed by atoms with E-state index >= 15 is 0 Å². The highest BCUT2D eigenvalue weighted by Crippen LogP contribution is 2.22. The van der Waals surface area contributed by atoms with Crippen LogP contribution in [-0.4, -0.2) is 51.0 Å². The van der Waals surface area contributed by atoms with Crippen molar-refractivity contribution in [3.05, 3.63) is 53.5 Å². The molecule has 1 aromatic carbocycles. The Kier molecular flexibility index (Phi) is 7.45. The van der Waals surface area contributed by atoms with Crippen LogP contribution in [0.4, 0.5) is 0 Å². The molecule has 0 fully saturated rings. The van der Waals surface area contributed by atoms with Crippen LogP contribution in [0.3, 0.4) is 0 Å². The van der Waals surface area contributed by atoms with Crippen molar-refractivity contribution in [2.75, 3.05) is 27.2 Å². The fourth-order valence-electron chi connectivity index (χ4n) is 2.66. The van der Waals surface area contributed by atoms with E-state index in [0.717, 1.165) is 5.76 Å². The molecule has 1 aromatic heterocycles. The monoisotopic (exact) mass is 422 g/mol. The molecular weight excluding hydrogens is 392 g/mol. The molecule has 0 aliphatic carbocycles. The number of aliphatic hydroxyl groups is 1. The topological polar surface area (TPSA) is 107 Å². The van der Waals surface area contributed by atoms with Gasteiger partial charge in [0.2, 0.25) is 10.0 Å². The summed E-state index contributed by atoms with van der Waals surface area (Å²) >= 11 is 0. The predicted octanol–water partition coefficient (Wildman–Crippen LogP) is 1.80. The van der Waals surface area contributed by atoms with E-state index in [4.69, 9.17) is 4.42 Å². The molecular formula is C20H30N4O4S. The van der Waals surface area contributed by atoms with Crippen molar-refractivity contribution in [3.8, 4) is 0 Å². The Morgan fingerprint density at radius 1 is 1.21 bits per heavy atom. The third kappa shape index (κ3) is 5.81. The van der Waals surface area contributed by atoms with Crippen LogP contribution in [-0.2, 0) is 22.2 Å². The minimum atomic E-state index is -3.57. The first kappa shape index (κ1) is 22.9. The van der Waals surface area contributed by atoms with Crippen LogP contribution in [0.15, 0.2) is 50.7 Å². The Labute approximate surface area is 172 Å². The molecule has 0 aliphatic rings. The first-order valence-electron chi connectivity index (χ1n) is 9.40. The van der Waals surface area contributed by atoms with E-state index in [9.17, 15) is 13.5 Å². The normalized spacial score (nSPS) is 14.7. The van der Waals surface area contributed by atoms with Crippen molar-refractivity contribution in [3.63, 3.8) is 0 Å². The van der Waals surface area contributed by atoms with Gasteiger partial charge in [0, 0.05) is 20.6 Å². The summed E-state index contributed by atoms with van der Waals surface area (Å²) in [5.41, 5.74) is -0.636. The zero-order valence-electron chi connectivity index (χ0n) is 17.6. The molecule has 1 unspecified atom stereocenters. The Hall–Kier alpha value is -2.36. The SMILES string of the molecule is CCNC(=NCc1ccccc1S(=O)(=O)N(C)C)NCC(C)(O)c1ccc(C)o1. The number of hydrogen-bond acceptors (Lipinski definition) is 5. The van der Waals surface area contributed by atoms with Crippen molar-refractivity contribution in [2.45, 2.75) is 37.8 Å². The van der Waals surface area contributed by atoms with Gasteiger partial charge in [-0.2, -0.15) is 0 Å². The van der Waals surface area contributed by atoms with Gasteiger partial charge in [-0.15, -0.1) is 0 Å². The zero-order chi connectivity index (χ0) is 21.7. The maximum atomic E-state index is 12.5. The van der Waals surface area contributed by atoms with Crippen molar-refractivity contribution < 1.29 is 17.9 Å². The van der Waals surface area contributed by atoms with E-state index in [-0.39, 0.29) is 18.0 Å². The van der Waals surface area contributed by atoms with Crippen LogP contribution >= 0.6 is 0 Å².